The molecule has 1 heterocycles. The molecule has 2 N–H and O–H groups in total. The number of morpholine rings is 1. The maximum Gasteiger partial charge on any atom is 0.0967 e. The minimum absolute atomic E-state index is 0.163. The topological polar surface area (TPSA) is 41.5 Å². The molecule has 0 aliphatic carbocycles. The summed E-state index contributed by atoms with van der Waals surface area (Å²) in [6.45, 7) is 4.22. The Morgan fingerprint density at radius 2 is 1.64 bits per heavy atom. The van der Waals surface area contributed by atoms with Crippen molar-refractivity contribution in [3.05, 3.63) is 95.6 Å². The first-order valence-electron chi connectivity index (χ1n) is 9.95. The molecule has 0 radical (unpaired) electrons. The van der Waals surface area contributed by atoms with Crippen molar-refractivity contribution in [3.63, 3.8) is 0 Å². The lowest BCUT2D eigenvalue weighted by atomic mass is 9.80. The van der Waals surface area contributed by atoms with Crippen molar-refractivity contribution in [3.8, 4) is 11.1 Å². The molecule has 3 nitrogen and oxygen atoms in total. The summed E-state index contributed by atoms with van der Waals surface area (Å²) in [6, 6.07) is 27.2. The second kappa shape index (κ2) is 8.70. The molecule has 1 aliphatic rings. The van der Waals surface area contributed by atoms with Crippen LogP contribution in [0.4, 0.5) is 0 Å². The number of aryl methyl sites for hydroxylation is 1. The first-order chi connectivity index (χ1) is 13.7. The Hall–Kier alpha value is -2.46. The first kappa shape index (κ1) is 18.9. The maximum atomic E-state index is 11.4. The number of aliphatic hydroxyl groups excluding tert-OH is 1. The highest BCUT2D eigenvalue weighted by Crippen LogP contribution is 2.37. The van der Waals surface area contributed by atoms with Gasteiger partial charge in [-0.1, -0.05) is 84.4 Å². The normalized spacial score (nSPS) is 19.1. The molecule has 0 aromatic heterocycles. The summed E-state index contributed by atoms with van der Waals surface area (Å²) < 4.78 is 5.91. The van der Waals surface area contributed by atoms with E-state index < -0.39 is 6.10 Å². The van der Waals surface area contributed by atoms with Crippen molar-refractivity contribution in [2.45, 2.75) is 25.0 Å². The third-order valence-corrected chi connectivity index (χ3v) is 5.50. The largest absolute Gasteiger partial charge is 0.389 e. The zero-order chi connectivity index (χ0) is 19.3. The molecule has 3 heteroatoms. The van der Waals surface area contributed by atoms with E-state index in [1.54, 1.807) is 0 Å². The lowest BCUT2D eigenvalue weighted by Crippen LogP contribution is -2.47. The Kier molecular flexibility index (Phi) is 5.87. The zero-order valence-electron chi connectivity index (χ0n) is 16.2. The third-order valence-electron chi connectivity index (χ3n) is 5.50. The summed E-state index contributed by atoms with van der Waals surface area (Å²) in [4.78, 5) is 0. The summed E-state index contributed by atoms with van der Waals surface area (Å²) in [5.74, 6) is -0.163. The van der Waals surface area contributed by atoms with Crippen LogP contribution >= 0.6 is 0 Å². The van der Waals surface area contributed by atoms with E-state index in [2.05, 4.69) is 72.9 Å². The Morgan fingerprint density at radius 1 is 0.929 bits per heavy atom. The minimum Gasteiger partial charge on any atom is -0.389 e. The summed E-state index contributed by atoms with van der Waals surface area (Å²) >= 11 is 0. The van der Waals surface area contributed by atoms with Gasteiger partial charge in [-0.2, -0.15) is 0 Å². The molecule has 3 atom stereocenters. The lowest BCUT2D eigenvalue weighted by Gasteiger charge is -2.34. The number of ether oxygens (including phenoxy) is 1. The fraction of sp³-hybridized carbons (Fsp3) is 0.280. The van der Waals surface area contributed by atoms with Gasteiger partial charge < -0.3 is 15.2 Å². The molecular weight excluding hydrogens is 346 g/mol. The predicted octanol–water partition coefficient (Wildman–Crippen LogP) is 4.14. The van der Waals surface area contributed by atoms with Crippen LogP contribution in [0.2, 0.25) is 0 Å². The van der Waals surface area contributed by atoms with Gasteiger partial charge in [0.05, 0.1) is 18.8 Å². The monoisotopic (exact) mass is 373 g/mol. The van der Waals surface area contributed by atoms with Crippen molar-refractivity contribution < 1.29 is 9.84 Å². The van der Waals surface area contributed by atoms with E-state index in [4.69, 9.17) is 4.74 Å². The number of rotatable bonds is 5. The number of aliphatic hydroxyl groups is 1. The fourth-order valence-electron chi connectivity index (χ4n) is 4.00. The Labute approximate surface area is 167 Å². The standard InChI is InChI=1S/C25H27NO2/c1-18-11-13-19(14-12-18)21-9-5-6-10-22(21)24(20-7-3-2-4-8-20)25(27)23-17-26-15-16-28-23/h2-14,23-27H,15-17H2,1H3. The average molecular weight is 373 g/mol. The van der Waals surface area contributed by atoms with Crippen LogP contribution in [-0.2, 0) is 4.74 Å². The van der Waals surface area contributed by atoms with Crippen molar-refractivity contribution in [2.24, 2.45) is 0 Å². The van der Waals surface area contributed by atoms with Crippen molar-refractivity contribution in [1.82, 2.24) is 5.32 Å². The zero-order valence-corrected chi connectivity index (χ0v) is 16.2. The average Bonchev–Trinajstić information content (AvgIpc) is 2.76. The minimum atomic E-state index is -0.637. The highest BCUT2D eigenvalue weighted by molar-refractivity contribution is 5.69. The molecule has 144 valence electrons. The molecular formula is C25H27NO2. The SMILES string of the molecule is Cc1ccc(-c2ccccc2C(c2ccccc2)C(O)C2CNCCO2)cc1. The molecule has 0 amide bonds. The molecule has 0 saturated carbocycles. The Balaban J connectivity index is 1.80. The van der Waals surface area contributed by atoms with Crippen molar-refractivity contribution in [2.75, 3.05) is 19.7 Å². The van der Waals surface area contributed by atoms with Crippen LogP contribution in [0, 0.1) is 6.92 Å². The first-order valence-corrected chi connectivity index (χ1v) is 9.95. The van der Waals surface area contributed by atoms with Gasteiger partial charge in [0.15, 0.2) is 0 Å². The van der Waals surface area contributed by atoms with Gasteiger partial charge in [0, 0.05) is 19.0 Å². The van der Waals surface area contributed by atoms with Crippen LogP contribution in [0.5, 0.6) is 0 Å². The van der Waals surface area contributed by atoms with E-state index in [1.807, 2.05) is 18.2 Å². The molecule has 0 bridgehead atoms. The van der Waals surface area contributed by atoms with Crippen LogP contribution in [0.25, 0.3) is 11.1 Å². The van der Waals surface area contributed by atoms with Crippen LogP contribution in [0.1, 0.15) is 22.6 Å². The molecule has 3 unspecified atom stereocenters. The van der Waals surface area contributed by atoms with Gasteiger partial charge in [-0.05, 0) is 29.2 Å². The lowest BCUT2D eigenvalue weighted by molar-refractivity contribution is -0.0576. The van der Waals surface area contributed by atoms with Crippen molar-refractivity contribution in [1.29, 1.82) is 0 Å². The van der Waals surface area contributed by atoms with Gasteiger partial charge in [-0.15, -0.1) is 0 Å². The molecule has 0 spiro atoms. The van der Waals surface area contributed by atoms with Crippen LogP contribution in [0.15, 0.2) is 78.9 Å². The van der Waals surface area contributed by atoms with E-state index >= 15 is 0 Å². The number of hydrogen-bond donors (Lipinski definition) is 2. The molecule has 1 aliphatic heterocycles. The second-order valence-corrected chi connectivity index (χ2v) is 7.45. The fourth-order valence-corrected chi connectivity index (χ4v) is 4.00. The molecule has 1 fully saturated rings. The van der Waals surface area contributed by atoms with E-state index in [0.717, 1.165) is 28.8 Å². The maximum absolute atomic E-state index is 11.4. The van der Waals surface area contributed by atoms with Gasteiger partial charge in [-0.25, -0.2) is 0 Å². The van der Waals surface area contributed by atoms with E-state index in [9.17, 15) is 5.11 Å². The summed E-state index contributed by atoms with van der Waals surface area (Å²) in [5, 5.41) is 14.7. The highest BCUT2D eigenvalue weighted by Gasteiger charge is 2.33. The van der Waals surface area contributed by atoms with Gasteiger partial charge in [0.25, 0.3) is 0 Å². The molecule has 4 rings (SSSR count). The van der Waals surface area contributed by atoms with Crippen LogP contribution in [0.3, 0.4) is 0 Å². The third kappa shape index (κ3) is 4.02. The number of benzene rings is 3. The Bertz CT molecular complexity index is 886. The Morgan fingerprint density at radius 3 is 2.36 bits per heavy atom. The van der Waals surface area contributed by atoms with Gasteiger partial charge in [-0.3, -0.25) is 0 Å². The quantitative estimate of drug-likeness (QED) is 0.706. The molecule has 3 aromatic carbocycles. The van der Waals surface area contributed by atoms with E-state index in [1.165, 1.54) is 5.56 Å². The van der Waals surface area contributed by atoms with Crippen LogP contribution in [-0.4, -0.2) is 37.0 Å². The van der Waals surface area contributed by atoms with E-state index in [-0.39, 0.29) is 12.0 Å². The van der Waals surface area contributed by atoms with E-state index in [0.29, 0.717) is 13.2 Å². The molecule has 3 aromatic rings. The smallest absolute Gasteiger partial charge is 0.0967 e. The number of nitrogens with one attached hydrogen (secondary N) is 1. The predicted molar refractivity (Wildman–Crippen MR) is 114 cm³/mol. The highest BCUT2D eigenvalue weighted by atomic mass is 16.5. The molecule has 1 saturated heterocycles. The van der Waals surface area contributed by atoms with Gasteiger partial charge in [0.1, 0.15) is 0 Å². The second-order valence-electron chi connectivity index (χ2n) is 7.45. The summed E-state index contributed by atoms with van der Waals surface area (Å²) in [5.41, 5.74) is 5.78. The van der Waals surface area contributed by atoms with Crippen LogP contribution < -0.4 is 5.32 Å². The van der Waals surface area contributed by atoms with Crippen molar-refractivity contribution >= 4 is 0 Å². The summed E-state index contributed by atoms with van der Waals surface area (Å²) in [7, 11) is 0. The summed E-state index contributed by atoms with van der Waals surface area (Å²) in [6.07, 6.45) is -0.869. The van der Waals surface area contributed by atoms with Gasteiger partial charge >= 0.3 is 0 Å². The molecule has 28 heavy (non-hydrogen) atoms. The van der Waals surface area contributed by atoms with Gasteiger partial charge in [0.2, 0.25) is 0 Å². The number of hydrogen-bond acceptors (Lipinski definition) is 3.